The molecule has 0 aliphatic carbocycles. The number of rotatable bonds is 5. The Hall–Kier alpha value is -3.40. The van der Waals surface area contributed by atoms with Crippen LogP contribution in [0.3, 0.4) is 0 Å². The third-order valence-electron chi connectivity index (χ3n) is 4.02. The molecule has 0 amide bonds. The minimum atomic E-state index is 0.177. The van der Waals surface area contributed by atoms with Gasteiger partial charge in [0.2, 0.25) is 5.82 Å². The number of methoxy groups -OCH3 is 2. The number of benzene rings is 2. The minimum Gasteiger partial charge on any atom is -0.497 e. The van der Waals surface area contributed by atoms with Gasteiger partial charge in [0.25, 0.3) is 5.89 Å². The number of ether oxygens (including phenoxy) is 2. The summed E-state index contributed by atoms with van der Waals surface area (Å²) >= 11 is 3.40. The van der Waals surface area contributed by atoms with Gasteiger partial charge in [0, 0.05) is 28.2 Å². The summed E-state index contributed by atoms with van der Waals surface area (Å²) < 4.78 is 18.3. The molecule has 4 rings (SSSR count). The highest BCUT2D eigenvalue weighted by Gasteiger charge is 2.20. The molecule has 28 heavy (non-hydrogen) atoms. The summed E-state index contributed by atoms with van der Waals surface area (Å²) in [7, 11) is 3.13. The predicted octanol–water partition coefficient (Wildman–Crippen LogP) is 3.35. The minimum absolute atomic E-state index is 0.177. The van der Waals surface area contributed by atoms with Crippen molar-refractivity contribution in [1.29, 1.82) is 0 Å². The number of aromatic nitrogens is 5. The first-order valence-electron chi connectivity index (χ1n) is 8.13. The van der Waals surface area contributed by atoms with Crippen molar-refractivity contribution in [3.05, 3.63) is 46.9 Å². The third-order valence-corrected chi connectivity index (χ3v) is 4.55. The second-order valence-electron chi connectivity index (χ2n) is 5.74. The Labute approximate surface area is 168 Å². The lowest BCUT2D eigenvalue weighted by molar-refractivity contribution is 0.394. The molecule has 2 N–H and O–H groups in total. The quantitative estimate of drug-likeness (QED) is 0.500. The second kappa shape index (κ2) is 7.31. The largest absolute Gasteiger partial charge is 0.497 e. The first kappa shape index (κ1) is 18.0. The van der Waals surface area contributed by atoms with Crippen LogP contribution in [0.2, 0.25) is 0 Å². The van der Waals surface area contributed by atoms with Crippen LogP contribution in [0.5, 0.6) is 11.5 Å². The second-order valence-corrected chi connectivity index (χ2v) is 6.65. The van der Waals surface area contributed by atoms with Gasteiger partial charge < -0.3 is 19.7 Å². The van der Waals surface area contributed by atoms with E-state index in [1.807, 2.05) is 24.3 Å². The van der Waals surface area contributed by atoms with Crippen molar-refractivity contribution < 1.29 is 14.0 Å². The highest BCUT2D eigenvalue weighted by Crippen LogP contribution is 2.30. The van der Waals surface area contributed by atoms with Gasteiger partial charge in [-0.05, 0) is 24.3 Å². The van der Waals surface area contributed by atoms with Crippen molar-refractivity contribution in [2.45, 2.75) is 0 Å². The normalized spacial score (nSPS) is 10.8. The number of anilines is 1. The van der Waals surface area contributed by atoms with Crippen molar-refractivity contribution in [1.82, 2.24) is 25.1 Å². The number of halogens is 1. The third kappa shape index (κ3) is 3.29. The molecular formula is C18H15BrN6O3. The molecule has 0 aliphatic rings. The van der Waals surface area contributed by atoms with Crippen LogP contribution in [0.1, 0.15) is 0 Å². The summed E-state index contributed by atoms with van der Waals surface area (Å²) in [6, 6.07) is 12.8. The van der Waals surface area contributed by atoms with Crippen LogP contribution in [0.25, 0.3) is 28.7 Å². The van der Waals surface area contributed by atoms with Gasteiger partial charge in [-0.3, -0.25) is 0 Å². The number of nitrogens with two attached hydrogens (primary N) is 1. The zero-order valence-corrected chi connectivity index (χ0v) is 16.5. The summed E-state index contributed by atoms with van der Waals surface area (Å²) in [6.45, 7) is 0. The van der Waals surface area contributed by atoms with Crippen molar-refractivity contribution in [2.75, 3.05) is 20.0 Å². The van der Waals surface area contributed by atoms with E-state index in [9.17, 15) is 0 Å². The molecule has 2 heterocycles. The predicted molar refractivity (Wildman–Crippen MR) is 105 cm³/mol. The average molecular weight is 443 g/mol. The lowest BCUT2D eigenvalue weighted by atomic mass is 10.2. The number of hydrogen-bond acceptors (Lipinski definition) is 8. The SMILES string of the molecule is COc1cc(OC)cc(-n2nnc(-c3nc(-c4ccc(Br)cc4)no3)c2N)c1. The maximum atomic E-state index is 6.24. The summed E-state index contributed by atoms with van der Waals surface area (Å²) in [5.41, 5.74) is 7.96. The zero-order chi connectivity index (χ0) is 19.7. The fraction of sp³-hybridized carbons (Fsp3) is 0.111. The van der Waals surface area contributed by atoms with E-state index in [0.717, 1.165) is 10.0 Å². The Bertz CT molecular complexity index is 1100. The van der Waals surface area contributed by atoms with Gasteiger partial charge in [0.05, 0.1) is 19.9 Å². The summed E-state index contributed by atoms with van der Waals surface area (Å²) in [6.07, 6.45) is 0. The highest BCUT2D eigenvalue weighted by atomic mass is 79.9. The molecule has 2 aromatic heterocycles. The van der Waals surface area contributed by atoms with Crippen LogP contribution in [0.4, 0.5) is 5.82 Å². The molecule has 0 fully saturated rings. The molecule has 142 valence electrons. The van der Waals surface area contributed by atoms with Gasteiger partial charge >= 0.3 is 0 Å². The van der Waals surface area contributed by atoms with Crippen LogP contribution >= 0.6 is 15.9 Å². The Morgan fingerprint density at radius 2 is 1.71 bits per heavy atom. The summed E-state index contributed by atoms with van der Waals surface area (Å²) in [4.78, 5) is 4.38. The molecule has 0 saturated heterocycles. The van der Waals surface area contributed by atoms with Gasteiger partial charge in [0.15, 0.2) is 11.5 Å². The van der Waals surface area contributed by atoms with Crippen molar-refractivity contribution >= 4 is 21.7 Å². The molecule has 0 unspecified atom stereocenters. The molecule has 10 heteroatoms. The summed E-state index contributed by atoms with van der Waals surface area (Å²) in [5, 5.41) is 12.2. The monoisotopic (exact) mass is 442 g/mol. The van der Waals surface area contributed by atoms with Gasteiger partial charge in [-0.15, -0.1) is 5.10 Å². The lowest BCUT2D eigenvalue weighted by Crippen LogP contribution is -2.03. The number of hydrogen-bond donors (Lipinski definition) is 1. The highest BCUT2D eigenvalue weighted by molar-refractivity contribution is 9.10. The lowest BCUT2D eigenvalue weighted by Gasteiger charge is -2.08. The van der Waals surface area contributed by atoms with E-state index in [2.05, 4.69) is 36.4 Å². The smallest absolute Gasteiger partial charge is 0.282 e. The number of nitrogens with zero attached hydrogens (tertiary/aromatic N) is 5. The molecule has 9 nitrogen and oxygen atoms in total. The molecule has 0 saturated carbocycles. The van der Waals surface area contributed by atoms with Crippen LogP contribution < -0.4 is 15.2 Å². The van der Waals surface area contributed by atoms with Crippen molar-refractivity contribution in [2.24, 2.45) is 0 Å². The fourth-order valence-corrected chi connectivity index (χ4v) is 2.85. The Balaban J connectivity index is 1.71. The molecule has 4 aromatic rings. The Morgan fingerprint density at radius 3 is 2.36 bits per heavy atom. The van der Waals surface area contributed by atoms with Crippen LogP contribution in [0.15, 0.2) is 51.5 Å². The molecule has 2 aromatic carbocycles. The van der Waals surface area contributed by atoms with E-state index in [1.165, 1.54) is 4.68 Å². The van der Waals surface area contributed by atoms with Crippen LogP contribution in [0, 0.1) is 0 Å². The summed E-state index contributed by atoms with van der Waals surface area (Å²) in [5.74, 6) is 2.06. The Morgan fingerprint density at radius 1 is 1.04 bits per heavy atom. The Kier molecular flexibility index (Phi) is 4.70. The first-order valence-corrected chi connectivity index (χ1v) is 8.93. The van der Waals surface area contributed by atoms with Gasteiger partial charge in [-0.1, -0.05) is 26.3 Å². The van der Waals surface area contributed by atoms with Crippen molar-refractivity contribution in [3.8, 4) is 40.2 Å². The molecular weight excluding hydrogens is 428 g/mol. The zero-order valence-electron chi connectivity index (χ0n) is 15.0. The molecule has 0 bridgehead atoms. The van der Waals surface area contributed by atoms with Gasteiger partial charge in [-0.2, -0.15) is 9.67 Å². The van der Waals surface area contributed by atoms with E-state index in [-0.39, 0.29) is 17.4 Å². The molecule has 0 atom stereocenters. The van der Waals surface area contributed by atoms with E-state index in [0.29, 0.717) is 23.0 Å². The maximum absolute atomic E-state index is 6.24. The van der Waals surface area contributed by atoms with E-state index in [4.69, 9.17) is 19.7 Å². The molecule has 0 spiro atoms. The van der Waals surface area contributed by atoms with E-state index >= 15 is 0 Å². The topological polar surface area (TPSA) is 114 Å². The first-order chi connectivity index (χ1) is 13.6. The van der Waals surface area contributed by atoms with Gasteiger partial charge in [-0.25, -0.2) is 0 Å². The fourth-order valence-electron chi connectivity index (χ4n) is 2.58. The standard InChI is InChI=1S/C18H15BrN6O3/c1-26-13-7-12(8-14(9-13)27-2)25-16(20)15(22-24-25)18-21-17(23-28-18)10-3-5-11(19)6-4-10/h3-9H,20H2,1-2H3. The van der Waals surface area contributed by atoms with Crippen LogP contribution in [-0.2, 0) is 0 Å². The maximum Gasteiger partial charge on any atom is 0.282 e. The van der Waals surface area contributed by atoms with Gasteiger partial charge in [0.1, 0.15) is 11.5 Å². The van der Waals surface area contributed by atoms with E-state index < -0.39 is 0 Å². The molecule has 0 aliphatic heterocycles. The van der Waals surface area contributed by atoms with Crippen molar-refractivity contribution in [3.63, 3.8) is 0 Å². The van der Waals surface area contributed by atoms with Crippen LogP contribution in [-0.4, -0.2) is 39.4 Å². The average Bonchev–Trinajstić information content (AvgIpc) is 3.34. The molecule has 0 radical (unpaired) electrons. The van der Waals surface area contributed by atoms with E-state index in [1.54, 1.807) is 32.4 Å². The number of nitrogen functional groups attached to an aromatic ring is 1.